The normalized spacial score (nSPS) is 16.6. The molecular weight excluding hydrogens is 324 g/mol. The van der Waals surface area contributed by atoms with Crippen LogP contribution in [0.25, 0.3) is 11.1 Å². The molecule has 0 radical (unpaired) electrons. The molecule has 2 aromatic carbocycles. The minimum atomic E-state index is -0.911. The van der Waals surface area contributed by atoms with Crippen molar-refractivity contribution in [3.05, 3.63) is 102 Å². The van der Waals surface area contributed by atoms with Crippen LogP contribution in [-0.2, 0) is 0 Å². The molecule has 0 fully saturated rings. The highest BCUT2D eigenvalue weighted by atomic mass is 16.3. The number of anilines is 1. The summed E-state index contributed by atoms with van der Waals surface area (Å²) < 4.78 is 5.55. The average molecular weight is 340 g/mol. The fourth-order valence-electron chi connectivity index (χ4n) is 3.09. The maximum Gasteiger partial charge on any atom is 0.157 e. The Morgan fingerprint density at radius 2 is 1.73 bits per heavy atom. The first-order valence-corrected chi connectivity index (χ1v) is 8.26. The zero-order valence-corrected chi connectivity index (χ0v) is 13.9. The van der Waals surface area contributed by atoms with Gasteiger partial charge in [0.15, 0.2) is 6.23 Å². The smallest absolute Gasteiger partial charge is 0.157 e. The van der Waals surface area contributed by atoms with Crippen molar-refractivity contribution in [2.45, 2.75) is 6.23 Å². The van der Waals surface area contributed by atoms with Crippen molar-refractivity contribution in [2.75, 3.05) is 4.90 Å². The van der Waals surface area contributed by atoms with Crippen LogP contribution < -0.4 is 4.90 Å². The predicted molar refractivity (Wildman–Crippen MR) is 101 cm³/mol. The highest BCUT2D eigenvalue weighted by Crippen LogP contribution is 2.35. The van der Waals surface area contributed by atoms with E-state index < -0.39 is 6.23 Å². The van der Waals surface area contributed by atoms with Gasteiger partial charge in [-0.25, -0.2) is 0 Å². The van der Waals surface area contributed by atoms with Crippen LogP contribution in [-0.4, -0.2) is 11.3 Å². The summed E-state index contributed by atoms with van der Waals surface area (Å²) in [5.41, 5.74) is 3.56. The van der Waals surface area contributed by atoms with Gasteiger partial charge in [0.2, 0.25) is 0 Å². The molecule has 0 saturated heterocycles. The number of nitrogens with zero attached hydrogens (tertiary/aromatic N) is 2. The van der Waals surface area contributed by atoms with Gasteiger partial charge in [-0.05, 0) is 42.0 Å². The van der Waals surface area contributed by atoms with Crippen LogP contribution in [0.4, 0.5) is 5.69 Å². The van der Waals surface area contributed by atoms with Crippen LogP contribution >= 0.6 is 0 Å². The largest absolute Gasteiger partial charge is 0.464 e. The molecule has 0 saturated carbocycles. The lowest BCUT2D eigenvalue weighted by Crippen LogP contribution is -2.34. The molecule has 4 rings (SSSR count). The molecule has 4 heteroatoms. The first-order chi connectivity index (χ1) is 12.8. The highest BCUT2D eigenvalue weighted by Gasteiger charge is 2.27. The fraction of sp³-hybridized carbons (Fsp3) is 0.0455. The zero-order chi connectivity index (χ0) is 17.9. The zero-order valence-electron chi connectivity index (χ0n) is 13.9. The molecule has 4 nitrogen and oxygen atoms in total. The number of hydrogen-bond donors (Lipinski definition) is 1. The third-order valence-electron chi connectivity index (χ3n) is 4.35. The molecule has 126 valence electrons. The molecule has 1 atom stereocenters. The van der Waals surface area contributed by atoms with E-state index in [0.29, 0.717) is 22.5 Å². The van der Waals surface area contributed by atoms with Crippen molar-refractivity contribution in [1.82, 2.24) is 0 Å². The number of allylic oxidation sites excluding steroid dienone is 2. The van der Waals surface area contributed by atoms with E-state index in [4.69, 9.17) is 4.42 Å². The molecule has 1 aromatic heterocycles. The van der Waals surface area contributed by atoms with Crippen LogP contribution in [0.1, 0.15) is 16.9 Å². The molecule has 1 N–H and O–H groups in total. The van der Waals surface area contributed by atoms with Gasteiger partial charge in [0.05, 0.1) is 17.9 Å². The minimum absolute atomic E-state index is 0.520. The van der Waals surface area contributed by atoms with Crippen LogP contribution in [0.3, 0.4) is 0 Å². The predicted octanol–water partition coefficient (Wildman–Crippen LogP) is 4.41. The second kappa shape index (κ2) is 6.75. The standard InChI is InChI=1S/C22H16N2O2/c23-14-16-7-4-5-10-19(16)20-13-17(21-11-6-12-26-21)15-24(22(20)25)18-8-2-1-3-9-18/h1-13,15,22,25H. The monoisotopic (exact) mass is 340 g/mol. The van der Waals surface area contributed by atoms with Gasteiger partial charge in [0.1, 0.15) is 5.76 Å². The third kappa shape index (κ3) is 2.81. The van der Waals surface area contributed by atoms with Gasteiger partial charge < -0.3 is 14.4 Å². The summed E-state index contributed by atoms with van der Waals surface area (Å²) in [6.07, 6.45) is 4.44. The first kappa shape index (κ1) is 15.9. The van der Waals surface area contributed by atoms with E-state index in [2.05, 4.69) is 6.07 Å². The van der Waals surface area contributed by atoms with Crippen LogP contribution in [0.15, 0.2) is 89.7 Å². The second-order valence-corrected chi connectivity index (χ2v) is 5.94. The molecule has 1 unspecified atom stereocenters. The van der Waals surface area contributed by atoms with Gasteiger partial charge in [-0.2, -0.15) is 5.26 Å². The highest BCUT2D eigenvalue weighted by molar-refractivity contribution is 5.90. The quantitative estimate of drug-likeness (QED) is 0.767. The van der Waals surface area contributed by atoms with E-state index in [1.54, 1.807) is 17.2 Å². The Hall–Kier alpha value is -3.55. The summed E-state index contributed by atoms with van der Waals surface area (Å²) >= 11 is 0. The lowest BCUT2D eigenvalue weighted by atomic mass is 9.93. The van der Waals surface area contributed by atoms with Crippen molar-refractivity contribution in [3.63, 3.8) is 0 Å². The molecule has 1 aliphatic heterocycles. The van der Waals surface area contributed by atoms with E-state index in [1.165, 1.54) is 0 Å². The van der Waals surface area contributed by atoms with Crippen molar-refractivity contribution < 1.29 is 9.52 Å². The third-order valence-corrected chi connectivity index (χ3v) is 4.35. The maximum atomic E-state index is 11.0. The van der Waals surface area contributed by atoms with Gasteiger partial charge in [0.25, 0.3) is 0 Å². The minimum Gasteiger partial charge on any atom is -0.464 e. The fourth-order valence-corrected chi connectivity index (χ4v) is 3.09. The van der Waals surface area contributed by atoms with Crippen molar-refractivity contribution in [2.24, 2.45) is 0 Å². The first-order valence-electron chi connectivity index (χ1n) is 8.26. The summed E-state index contributed by atoms with van der Waals surface area (Å²) in [5, 5.41) is 20.5. The van der Waals surface area contributed by atoms with E-state index >= 15 is 0 Å². The Labute approximate surface area is 151 Å². The number of furan rings is 1. The number of nitriles is 1. The SMILES string of the molecule is N#Cc1ccccc1C1=CC(c2ccco2)=CN(c2ccccc2)C1O. The van der Waals surface area contributed by atoms with Gasteiger partial charge in [-0.1, -0.05) is 36.4 Å². The molecule has 0 amide bonds. The maximum absolute atomic E-state index is 11.0. The Morgan fingerprint density at radius 3 is 2.46 bits per heavy atom. The molecule has 2 heterocycles. The van der Waals surface area contributed by atoms with Gasteiger partial charge in [-0.15, -0.1) is 0 Å². The van der Waals surface area contributed by atoms with Crippen molar-refractivity contribution >= 4 is 16.8 Å². The topological polar surface area (TPSA) is 60.4 Å². The van der Waals surface area contributed by atoms with E-state index in [1.807, 2.05) is 72.9 Å². The number of hydrogen-bond acceptors (Lipinski definition) is 4. The summed E-state index contributed by atoms with van der Waals surface area (Å²) in [7, 11) is 0. The number of rotatable bonds is 3. The molecular formula is C22H16N2O2. The summed E-state index contributed by atoms with van der Waals surface area (Å²) in [4.78, 5) is 1.78. The van der Waals surface area contributed by atoms with E-state index in [9.17, 15) is 10.4 Å². The Bertz CT molecular complexity index is 1010. The average Bonchev–Trinajstić information content (AvgIpc) is 3.24. The number of aliphatic hydroxyl groups is 1. The summed E-state index contributed by atoms with van der Waals surface area (Å²) in [6.45, 7) is 0. The van der Waals surface area contributed by atoms with Gasteiger partial charge >= 0.3 is 0 Å². The molecule has 3 aromatic rings. The molecule has 1 aliphatic rings. The molecule has 26 heavy (non-hydrogen) atoms. The summed E-state index contributed by atoms with van der Waals surface area (Å²) in [5.74, 6) is 0.699. The van der Waals surface area contributed by atoms with Crippen LogP contribution in [0.2, 0.25) is 0 Å². The van der Waals surface area contributed by atoms with Crippen molar-refractivity contribution in [3.8, 4) is 6.07 Å². The Morgan fingerprint density at radius 1 is 0.962 bits per heavy atom. The molecule has 0 bridgehead atoms. The van der Waals surface area contributed by atoms with Crippen molar-refractivity contribution in [1.29, 1.82) is 5.26 Å². The van der Waals surface area contributed by atoms with E-state index in [0.717, 1.165) is 11.3 Å². The Balaban J connectivity index is 1.88. The molecule has 0 spiro atoms. The lowest BCUT2D eigenvalue weighted by molar-refractivity contribution is 0.236. The van der Waals surface area contributed by atoms with E-state index in [-0.39, 0.29) is 0 Å². The molecule has 0 aliphatic carbocycles. The second-order valence-electron chi connectivity index (χ2n) is 5.94. The number of benzene rings is 2. The van der Waals surface area contributed by atoms with Crippen LogP contribution in [0, 0.1) is 11.3 Å². The van der Waals surface area contributed by atoms with Crippen LogP contribution in [0.5, 0.6) is 0 Å². The number of aliphatic hydroxyl groups excluding tert-OH is 1. The van der Waals surface area contributed by atoms with Gasteiger partial charge in [-0.3, -0.25) is 0 Å². The number of para-hydroxylation sites is 1. The Kier molecular flexibility index (Phi) is 4.14. The summed E-state index contributed by atoms with van der Waals surface area (Å²) in [6, 6.07) is 22.8. The van der Waals surface area contributed by atoms with Gasteiger partial charge in [0, 0.05) is 23.0 Å². The lowest BCUT2D eigenvalue weighted by Gasteiger charge is -2.33.